The molecule has 2 heterocycles. The number of anilines is 2. The maximum Gasteiger partial charge on any atom is 0.351 e. The summed E-state index contributed by atoms with van der Waals surface area (Å²) in [5, 5.41) is 25.4. The minimum Gasteiger partial charge on any atom is -0.387 e. The van der Waals surface area contributed by atoms with Crippen LogP contribution in [-0.2, 0) is 14.3 Å². The number of carbonyl (C=O) groups is 2. The molecule has 160 valence electrons. The van der Waals surface area contributed by atoms with Gasteiger partial charge in [0.2, 0.25) is 5.91 Å². The number of aryl methyl sites for hydroxylation is 1. The molecule has 6 N–H and O–H groups in total. The lowest BCUT2D eigenvalue weighted by atomic mass is 10.1. The smallest absolute Gasteiger partial charge is 0.351 e. The third-order valence-corrected chi connectivity index (χ3v) is 4.92. The van der Waals surface area contributed by atoms with E-state index < -0.39 is 42.0 Å². The second-order valence-electron chi connectivity index (χ2n) is 6.98. The average molecular weight is 417 g/mol. The van der Waals surface area contributed by atoms with Gasteiger partial charge in [0, 0.05) is 11.9 Å². The second kappa shape index (κ2) is 8.61. The molecule has 1 aromatic heterocycles. The van der Waals surface area contributed by atoms with Crippen LogP contribution in [0.1, 0.15) is 17.4 Å². The van der Waals surface area contributed by atoms with Crippen LogP contribution in [0.4, 0.5) is 11.5 Å². The van der Waals surface area contributed by atoms with Crippen molar-refractivity contribution in [3.63, 3.8) is 0 Å². The normalized spacial score (nSPS) is 23.2. The molecule has 0 spiro atoms. The number of rotatable bonds is 5. The zero-order chi connectivity index (χ0) is 22.0. The van der Waals surface area contributed by atoms with Crippen LogP contribution in [0.2, 0.25) is 0 Å². The standard InChI is InChI=1S/C19H23N5O6/c1-9-4-3-5-11(10(9)2)22-13(25)8-21-17(28)16-14(26)15(27)18(30-16)24-7-6-12(20)23-19(24)29/h3-7,14-16,18,26-27H,8H2,1-2H3,(H,21,28)(H,22,25)(H2,20,23,29)/t14-,15+,16-,18+/m0/s1. The number of aliphatic hydroxyl groups is 2. The number of hydrogen-bond donors (Lipinski definition) is 5. The Morgan fingerprint density at radius 1 is 1.23 bits per heavy atom. The fourth-order valence-electron chi connectivity index (χ4n) is 3.07. The molecule has 2 aromatic rings. The summed E-state index contributed by atoms with van der Waals surface area (Å²) >= 11 is 0. The van der Waals surface area contributed by atoms with E-state index >= 15 is 0 Å². The number of aromatic nitrogens is 2. The van der Waals surface area contributed by atoms with Crippen molar-refractivity contribution in [2.75, 3.05) is 17.6 Å². The van der Waals surface area contributed by atoms with Crippen molar-refractivity contribution in [1.29, 1.82) is 0 Å². The van der Waals surface area contributed by atoms with E-state index in [-0.39, 0.29) is 12.4 Å². The van der Waals surface area contributed by atoms with Gasteiger partial charge >= 0.3 is 5.69 Å². The van der Waals surface area contributed by atoms with E-state index in [4.69, 9.17) is 10.5 Å². The molecule has 4 atom stereocenters. The largest absolute Gasteiger partial charge is 0.387 e. The predicted molar refractivity (Wildman–Crippen MR) is 106 cm³/mol. The van der Waals surface area contributed by atoms with E-state index in [1.54, 1.807) is 12.1 Å². The first-order valence-electron chi connectivity index (χ1n) is 9.19. The first-order chi connectivity index (χ1) is 14.2. The SMILES string of the molecule is Cc1cccc(NC(=O)CNC(=O)[C@H]2O[C@@H](n3ccc(N)nc3=O)[C@H](O)[C@@H]2O)c1C. The highest BCUT2D eigenvalue weighted by Gasteiger charge is 2.47. The Morgan fingerprint density at radius 3 is 2.67 bits per heavy atom. The van der Waals surface area contributed by atoms with Crippen molar-refractivity contribution in [2.24, 2.45) is 0 Å². The van der Waals surface area contributed by atoms with E-state index in [1.807, 2.05) is 19.9 Å². The molecule has 1 aliphatic rings. The zero-order valence-corrected chi connectivity index (χ0v) is 16.4. The van der Waals surface area contributed by atoms with E-state index in [1.165, 1.54) is 12.3 Å². The Morgan fingerprint density at radius 2 is 1.97 bits per heavy atom. The van der Waals surface area contributed by atoms with Crippen LogP contribution in [0.25, 0.3) is 0 Å². The number of amides is 2. The van der Waals surface area contributed by atoms with Crippen LogP contribution in [0.3, 0.4) is 0 Å². The van der Waals surface area contributed by atoms with Gasteiger partial charge in [-0.05, 0) is 37.1 Å². The van der Waals surface area contributed by atoms with Gasteiger partial charge in [-0.1, -0.05) is 12.1 Å². The first kappa shape index (κ1) is 21.4. The van der Waals surface area contributed by atoms with Crippen LogP contribution in [-0.4, -0.2) is 56.4 Å². The Kier molecular flexibility index (Phi) is 6.15. The minimum atomic E-state index is -1.61. The Bertz CT molecular complexity index is 1020. The molecule has 0 radical (unpaired) electrons. The van der Waals surface area contributed by atoms with Gasteiger partial charge in [0.25, 0.3) is 5.91 Å². The van der Waals surface area contributed by atoms with E-state index in [9.17, 15) is 24.6 Å². The lowest BCUT2D eigenvalue weighted by molar-refractivity contribution is -0.138. The number of nitrogens with zero attached hydrogens (tertiary/aromatic N) is 2. The van der Waals surface area contributed by atoms with Crippen LogP contribution in [0.15, 0.2) is 35.3 Å². The molecule has 30 heavy (non-hydrogen) atoms. The van der Waals surface area contributed by atoms with Gasteiger partial charge in [0.15, 0.2) is 12.3 Å². The molecule has 11 nitrogen and oxygen atoms in total. The summed E-state index contributed by atoms with van der Waals surface area (Å²) in [5.41, 5.74) is 7.15. The number of nitrogen functional groups attached to an aromatic ring is 1. The van der Waals surface area contributed by atoms with E-state index in [0.29, 0.717) is 5.69 Å². The quantitative estimate of drug-likeness (QED) is 0.405. The van der Waals surface area contributed by atoms with Crippen molar-refractivity contribution in [3.8, 4) is 0 Å². The number of ether oxygens (including phenoxy) is 1. The molecule has 0 aliphatic carbocycles. The molecule has 0 unspecified atom stereocenters. The van der Waals surface area contributed by atoms with Crippen LogP contribution < -0.4 is 22.1 Å². The molecular weight excluding hydrogens is 394 g/mol. The van der Waals surface area contributed by atoms with Gasteiger partial charge in [-0.3, -0.25) is 14.2 Å². The number of nitrogens with one attached hydrogen (secondary N) is 2. The third kappa shape index (κ3) is 4.32. The van der Waals surface area contributed by atoms with E-state index in [0.717, 1.165) is 15.7 Å². The number of carbonyl (C=O) groups excluding carboxylic acids is 2. The molecular formula is C19H23N5O6. The molecule has 1 aliphatic heterocycles. The lowest BCUT2D eigenvalue weighted by Gasteiger charge is -2.16. The topological polar surface area (TPSA) is 169 Å². The zero-order valence-electron chi connectivity index (χ0n) is 16.4. The van der Waals surface area contributed by atoms with Crippen LogP contribution in [0, 0.1) is 13.8 Å². The molecule has 3 rings (SSSR count). The molecule has 1 fully saturated rings. The molecule has 1 saturated heterocycles. The fourth-order valence-corrected chi connectivity index (χ4v) is 3.07. The molecule has 11 heteroatoms. The maximum absolute atomic E-state index is 12.4. The van der Waals surface area contributed by atoms with Gasteiger partial charge in [-0.25, -0.2) is 4.79 Å². The Hall–Kier alpha value is -3.28. The van der Waals surface area contributed by atoms with Crippen molar-refractivity contribution < 1.29 is 24.5 Å². The molecule has 0 bridgehead atoms. The van der Waals surface area contributed by atoms with Gasteiger partial charge in [0.05, 0.1) is 6.54 Å². The Labute approximate surface area is 171 Å². The minimum absolute atomic E-state index is 0.0200. The summed E-state index contributed by atoms with van der Waals surface area (Å²) in [6.07, 6.45) is -4.75. The maximum atomic E-state index is 12.4. The van der Waals surface area contributed by atoms with Crippen LogP contribution >= 0.6 is 0 Å². The number of hydrogen-bond acceptors (Lipinski definition) is 8. The second-order valence-corrected chi connectivity index (χ2v) is 6.98. The van der Waals surface area contributed by atoms with Gasteiger partial charge in [-0.15, -0.1) is 0 Å². The summed E-state index contributed by atoms with van der Waals surface area (Å²) in [5.74, 6) is -1.30. The highest BCUT2D eigenvalue weighted by atomic mass is 16.6. The number of aliphatic hydroxyl groups excluding tert-OH is 2. The predicted octanol–water partition coefficient (Wildman–Crippen LogP) is -1.18. The summed E-state index contributed by atoms with van der Waals surface area (Å²) in [6.45, 7) is 3.40. The van der Waals surface area contributed by atoms with Gasteiger partial charge in [-0.2, -0.15) is 4.98 Å². The Balaban J connectivity index is 1.62. The lowest BCUT2D eigenvalue weighted by Crippen LogP contribution is -2.45. The monoisotopic (exact) mass is 417 g/mol. The van der Waals surface area contributed by atoms with Gasteiger partial charge < -0.3 is 31.3 Å². The summed E-state index contributed by atoms with van der Waals surface area (Å²) in [4.78, 5) is 40.0. The van der Waals surface area contributed by atoms with Crippen molar-refractivity contribution in [2.45, 2.75) is 38.4 Å². The first-order valence-corrected chi connectivity index (χ1v) is 9.19. The highest BCUT2D eigenvalue weighted by molar-refractivity contribution is 5.95. The van der Waals surface area contributed by atoms with Gasteiger partial charge in [0.1, 0.15) is 18.0 Å². The van der Waals surface area contributed by atoms with Crippen molar-refractivity contribution >= 4 is 23.3 Å². The van der Waals surface area contributed by atoms with Crippen molar-refractivity contribution in [1.82, 2.24) is 14.9 Å². The van der Waals surface area contributed by atoms with Crippen molar-refractivity contribution in [3.05, 3.63) is 52.1 Å². The van der Waals surface area contributed by atoms with E-state index in [2.05, 4.69) is 15.6 Å². The summed E-state index contributed by atoms with van der Waals surface area (Å²) in [6, 6.07) is 6.77. The molecule has 0 saturated carbocycles. The summed E-state index contributed by atoms with van der Waals surface area (Å²) in [7, 11) is 0. The third-order valence-electron chi connectivity index (χ3n) is 4.92. The molecule has 1 aromatic carbocycles. The fraction of sp³-hybridized carbons (Fsp3) is 0.368. The number of benzene rings is 1. The average Bonchev–Trinajstić information content (AvgIpc) is 2.99. The highest BCUT2D eigenvalue weighted by Crippen LogP contribution is 2.28. The summed E-state index contributed by atoms with van der Waals surface area (Å²) < 4.78 is 6.30. The number of nitrogens with two attached hydrogens (primary N) is 1. The molecule has 2 amide bonds. The van der Waals surface area contributed by atoms with Crippen LogP contribution in [0.5, 0.6) is 0 Å².